The van der Waals surface area contributed by atoms with Crippen LogP contribution in [0.25, 0.3) is 0 Å². The SMILES string of the molecule is C=CC(=O)OC1C=CC1Cl. The molecule has 2 unspecified atom stereocenters. The first-order chi connectivity index (χ1) is 4.74. The summed E-state index contributed by atoms with van der Waals surface area (Å²) in [5.41, 5.74) is 0. The molecular weight excluding hydrogens is 152 g/mol. The molecule has 0 aromatic carbocycles. The first-order valence-electron chi connectivity index (χ1n) is 2.89. The number of carbonyl (C=O) groups excluding carboxylic acids is 1. The molecule has 3 heteroatoms. The molecule has 0 amide bonds. The minimum Gasteiger partial charge on any atom is -0.453 e. The smallest absolute Gasteiger partial charge is 0.330 e. The van der Waals surface area contributed by atoms with Crippen LogP contribution in [0.1, 0.15) is 0 Å². The average molecular weight is 159 g/mol. The van der Waals surface area contributed by atoms with Gasteiger partial charge in [-0.1, -0.05) is 12.7 Å². The van der Waals surface area contributed by atoms with Crippen molar-refractivity contribution in [2.45, 2.75) is 11.5 Å². The highest BCUT2D eigenvalue weighted by molar-refractivity contribution is 6.23. The summed E-state index contributed by atoms with van der Waals surface area (Å²) < 4.78 is 4.77. The standard InChI is InChI=1S/C7H7ClO2/c1-2-7(9)10-6-4-3-5(6)8/h2-6H,1H2. The van der Waals surface area contributed by atoms with Gasteiger partial charge in [-0.3, -0.25) is 0 Å². The van der Waals surface area contributed by atoms with Crippen LogP contribution in [0.2, 0.25) is 0 Å². The lowest BCUT2D eigenvalue weighted by Crippen LogP contribution is -2.29. The molecule has 0 aliphatic heterocycles. The van der Waals surface area contributed by atoms with Crippen molar-refractivity contribution < 1.29 is 9.53 Å². The number of rotatable bonds is 2. The maximum atomic E-state index is 10.5. The molecule has 1 aliphatic carbocycles. The fourth-order valence-electron chi connectivity index (χ4n) is 0.572. The minimum atomic E-state index is -0.431. The number of hydrogen-bond donors (Lipinski definition) is 0. The van der Waals surface area contributed by atoms with Gasteiger partial charge in [0, 0.05) is 6.08 Å². The Bertz CT molecular complexity index is 186. The molecule has 1 aliphatic rings. The molecular formula is C7H7ClO2. The fraction of sp³-hybridized carbons (Fsp3) is 0.286. The first kappa shape index (κ1) is 7.35. The zero-order valence-electron chi connectivity index (χ0n) is 5.29. The van der Waals surface area contributed by atoms with Crippen LogP contribution in [0.5, 0.6) is 0 Å². The lowest BCUT2D eigenvalue weighted by Gasteiger charge is -2.22. The van der Waals surface area contributed by atoms with Gasteiger partial charge in [0.15, 0.2) is 0 Å². The Morgan fingerprint density at radius 1 is 1.70 bits per heavy atom. The van der Waals surface area contributed by atoms with Crippen LogP contribution >= 0.6 is 11.6 Å². The lowest BCUT2D eigenvalue weighted by molar-refractivity contribution is -0.141. The van der Waals surface area contributed by atoms with Gasteiger partial charge in [-0.05, 0) is 6.08 Å². The van der Waals surface area contributed by atoms with Crippen molar-refractivity contribution in [1.82, 2.24) is 0 Å². The largest absolute Gasteiger partial charge is 0.453 e. The van der Waals surface area contributed by atoms with E-state index in [-0.39, 0.29) is 11.5 Å². The normalized spacial score (nSPS) is 28.9. The van der Waals surface area contributed by atoms with E-state index in [2.05, 4.69) is 6.58 Å². The van der Waals surface area contributed by atoms with Crippen LogP contribution in [-0.4, -0.2) is 17.5 Å². The van der Waals surface area contributed by atoms with Gasteiger partial charge in [0.05, 0.1) is 5.38 Å². The van der Waals surface area contributed by atoms with Gasteiger partial charge in [-0.15, -0.1) is 11.6 Å². The summed E-state index contributed by atoms with van der Waals surface area (Å²) in [6, 6.07) is 0. The van der Waals surface area contributed by atoms with Crippen molar-refractivity contribution in [3.05, 3.63) is 24.8 Å². The van der Waals surface area contributed by atoms with Crippen LogP contribution in [0, 0.1) is 0 Å². The van der Waals surface area contributed by atoms with Gasteiger partial charge in [-0.2, -0.15) is 0 Å². The van der Waals surface area contributed by atoms with E-state index < -0.39 is 5.97 Å². The van der Waals surface area contributed by atoms with E-state index in [0.717, 1.165) is 6.08 Å². The van der Waals surface area contributed by atoms with E-state index in [0.29, 0.717) is 0 Å². The second-order valence-corrected chi connectivity index (χ2v) is 2.44. The second kappa shape index (κ2) is 2.88. The highest BCUT2D eigenvalue weighted by atomic mass is 35.5. The summed E-state index contributed by atoms with van der Waals surface area (Å²) in [4.78, 5) is 10.5. The Morgan fingerprint density at radius 2 is 2.40 bits per heavy atom. The summed E-state index contributed by atoms with van der Waals surface area (Å²) in [5, 5.41) is -0.163. The van der Waals surface area contributed by atoms with Crippen LogP contribution in [-0.2, 0) is 9.53 Å². The molecule has 0 N–H and O–H groups in total. The molecule has 0 fully saturated rings. The maximum absolute atomic E-state index is 10.5. The summed E-state index contributed by atoms with van der Waals surface area (Å²) in [6.07, 6.45) is 4.37. The Morgan fingerprint density at radius 3 is 2.70 bits per heavy atom. The predicted molar refractivity (Wildman–Crippen MR) is 38.9 cm³/mol. The van der Waals surface area contributed by atoms with E-state index in [9.17, 15) is 4.79 Å². The number of esters is 1. The van der Waals surface area contributed by atoms with Crippen LogP contribution in [0.4, 0.5) is 0 Å². The van der Waals surface area contributed by atoms with Gasteiger partial charge in [0.2, 0.25) is 0 Å². The average Bonchev–Trinajstić information content (AvgIpc) is 1.96. The third-order valence-electron chi connectivity index (χ3n) is 1.22. The van der Waals surface area contributed by atoms with Crippen molar-refractivity contribution in [3.63, 3.8) is 0 Å². The van der Waals surface area contributed by atoms with Crippen molar-refractivity contribution in [2.75, 3.05) is 0 Å². The van der Waals surface area contributed by atoms with E-state index >= 15 is 0 Å². The number of ether oxygens (including phenoxy) is 1. The van der Waals surface area contributed by atoms with Crippen LogP contribution in [0.3, 0.4) is 0 Å². The van der Waals surface area contributed by atoms with E-state index in [1.165, 1.54) is 0 Å². The van der Waals surface area contributed by atoms with Gasteiger partial charge < -0.3 is 4.74 Å². The zero-order chi connectivity index (χ0) is 7.56. The molecule has 0 spiro atoms. The molecule has 0 saturated heterocycles. The molecule has 0 saturated carbocycles. The van der Waals surface area contributed by atoms with Crippen molar-refractivity contribution in [2.24, 2.45) is 0 Å². The number of carbonyl (C=O) groups is 1. The zero-order valence-corrected chi connectivity index (χ0v) is 6.04. The fourth-order valence-corrected chi connectivity index (χ4v) is 0.792. The molecule has 0 heterocycles. The van der Waals surface area contributed by atoms with E-state index in [1.54, 1.807) is 12.2 Å². The van der Waals surface area contributed by atoms with E-state index in [1.807, 2.05) is 0 Å². The van der Waals surface area contributed by atoms with Crippen molar-refractivity contribution >= 4 is 17.6 Å². The Kier molecular flexibility index (Phi) is 2.12. The van der Waals surface area contributed by atoms with Gasteiger partial charge >= 0.3 is 5.97 Å². The predicted octanol–water partition coefficient (Wildman–Crippen LogP) is 1.26. The molecule has 2 nitrogen and oxygen atoms in total. The Labute approximate surface area is 64.1 Å². The lowest BCUT2D eigenvalue weighted by atomic mass is 10.1. The maximum Gasteiger partial charge on any atom is 0.330 e. The molecule has 0 radical (unpaired) electrons. The van der Waals surface area contributed by atoms with Crippen LogP contribution in [0.15, 0.2) is 24.8 Å². The Balaban J connectivity index is 2.34. The quantitative estimate of drug-likeness (QED) is 0.262. The number of halogens is 1. The molecule has 0 aromatic heterocycles. The van der Waals surface area contributed by atoms with Crippen LogP contribution < -0.4 is 0 Å². The second-order valence-electron chi connectivity index (χ2n) is 1.93. The highest BCUT2D eigenvalue weighted by Gasteiger charge is 2.24. The monoisotopic (exact) mass is 158 g/mol. The minimum absolute atomic E-state index is 0.163. The Hall–Kier alpha value is -0.760. The van der Waals surface area contributed by atoms with Crippen molar-refractivity contribution in [1.29, 1.82) is 0 Å². The first-order valence-corrected chi connectivity index (χ1v) is 3.33. The summed E-state index contributed by atoms with van der Waals surface area (Å²) >= 11 is 5.62. The summed E-state index contributed by atoms with van der Waals surface area (Å²) in [7, 11) is 0. The molecule has 54 valence electrons. The number of hydrogen-bond acceptors (Lipinski definition) is 2. The summed E-state index contributed by atoms with van der Waals surface area (Å²) in [5.74, 6) is -0.431. The topological polar surface area (TPSA) is 26.3 Å². The summed E-state index contributed by atoms with van der Waals surface area (Å²) in [6.45, 7) is 3.26. The van der Waals surface area contributed by atoms with E-state index in [4.69, 9.17) is 16.3 Å². The van der Waals surface area contributed by atoms with Gasteiger partial charge in [0.1, 0.15) is 6.10 Å². The molecule has 2 atom stereocenters. The third kappa shape index (κ3) is 1.39. The van der Waals surface area contributed by atoms with Crippen molar-refractivity contribution in [3.8, 4) is 0 Å². The highest BCUT2D eigenvalue weighted by Crippen LogP contribution is 2.19. The molecule has 0 aromatic rings. The third-order valence-corrected chi connectivity index (χ3v) is 1.61. The van der Waals surface area contributed by atoms with Gasteiger partial charge in [-0.25, -0.2) is 4.79 Å². The molecule has 1 rings (SSSR count). The van der Waals surface area contributed by atoms with Gasteiger partial charge in [0.25, 0.3) is 0 Å². The number of alkyl halides is 1. The molecule has 0 bridgehead atoms. The molecule has 10 heavy (non-hydrogen) atoms.